The summed E-state index contributed by atoms with van der Waals surface area (Å²) in [6, 6.07) is 13.6. The summed E-state index contributed by atoms with van der Waals surface area (Å²) in [6.07, 6.45) is 0.871. The Labute approximate surface area is 183 Å². The van der Waals surface area contributed by atoms with Gasteiger partial charge in [-0.15, -0.1) is 0 Å². The molecule has 0 unspecified atom stereocenters. The molecule has 148 valence electrons. The van der Waals surface area contributed by atoms with Gasteiger partial charge >= 0.3 is 0 Å². The van der Waals surface area contributed by atoms with Crippen molar-refractivity contribution in [3.63, 3.8) is 0 Å². The number of carbonyl (C=O) groups excluding carboxylic acids is 1. The zero-order chi connectivity index (χ0) is 20.1. The first-order valence-electron chi connectivity index (χ1n) is 9.24. The SMILES string of the molecule is CCOc1cccc2sc(N(CCCN(C)C)C(=O)c3ccccc3I)nc12. The van der Waals surface area contributed by atoms with Gasteiger partial charge in [0.05, 0.1) is 16.9 Å². The number of anilines is 1. The van der Waals surface area contributed by atoms with Crippen molar-refractivity contribution >= 4 is 55.2 Å². The van der Waals surface area contributed by atoms with Crippen molar-refractivity contribution in [3.8, 4) is 5.75 Å². The van der Waals surface area contributed by atoms with Crippen molar-refractivity contribution in [1.82, 2.24) is 9.88 Å². The summed E-state index contributed by atoms with van der Waals surface area (Å²) in [7, 11) is 4.08. The molecule has 0 saturated heterocycles. The Bertz CT molecular complexity index is 958. The van der Waals surface area contributed by atoms with Crippen molar-refractivity contribution in [2.24, 2.45) is 0 Å². The molecule has 0 N–H and O–H groups in total. The van der Waals surface area contributed by atoms with Crippen LogP contribution in [0.1, 0.15) is 23.7 Å². The van der Waals surface area contributed by atoms with Crippen LogP contribution in [0.2, 0.25) is 0 Å². The summed E-state index contributed by atoms with van der Waals surface area (Å²) in [5.74, 6) is 0.748. The van der Waals surface area contributed by atoms with Gasteiger partial charge in [-0.1, -0.05) is 29.5 Å². The van der Waals surface area contributed by atoms with E-state index in [0.29, 0.717) is 23.8 Å². The van der Waals surface area contributed by atoms with Gasteiger partial charge in [-0.2, -0.15) is 0 Å². The van der Waals surface area contributed by atoms with Crippen LogP contribution in [-0.2, 0) is 0 Å². The van der Waals surface area contributed by atoms with Gasteiger partial charge in [0.25, 0.3) is 5.91 Å². The Morgan fingerprint density at radius 1 is 1.14 bits per heavy atom. The van der Waals surface area contributed by atoms with Crippen LogP contribution in [0.3, 0.4) is 0 Å². The summed E-state index contributed by atoms with van der Waals surface area (Å²) >= 11 is 3.75. The first-order valence-corrected chi connectivity index (χ1v) is 11.1. The maximum absolute atomic E-state index is 13.4. The van der Waals surface area contributed by atoms with Gasteiger partial charge in [-0.3, -0.25) is 9.69 Å². The van der Waals surface area contributed by atoms with E-state index in [-0.39, 0.29) is 5.91 Å². The van der Waals surface area contributed by atoms with E-state index in [2.05, 4.69) is 27.5 Å². The predicted octanol–water partition coefficient (Wildman–Crippen LogP) is 4.90. The van der Waals surface area contributed by atoms with E-state index in [9.17, 15) is 4.79 Å². The highest BCUT2D eigenvalue weighted by molar-refractivity contribution is 14.1. The van der Waals surface area contributed by atoms with Gasteiger partial charge in [0.1, 0.15) is 11.3 Å². The fraction of sp³-hybridized carbons (Fsp3) is 0.333. The van der Waals surface area contributed by atoms with Crippen LogP contribution >= 0.6 is 33.9 Å². The van der Waals surface area contributed by atoms with Crippen LogP contribution in [-0.4, -0.2) is 49.6 Å². The van der Waals surface area contributed by atoms with Crippen molar-refractivity contribution in [3.05, 3.63) is 51.6 Å². The fourth-order valence-electron chi connectivity index (χ4n) is 2.91. The fourth-order valence-corrected chi connectivity index (χ4v) is 4.53. The lowest BCUT2D eigenvalue weighted by atomic mass is 10.2. The van der Waals surface area contributed by atoms with Crippen LogP contribution < -0.4 is 9.64 Å². The summed E-state index contributed by atoms with van der Waals surface area (Å²) in [5.41, 5.74) is 1.52. The molecule has 0 aliphatic heterocycles. The number of aromatic nitrogens is 1. The number of thiazole rings is 1. The molecule has 0 fully saturated rings. The largest absolute Gasteiger partial charge is 0.492 e. The third kappa shape index (κ3) is 4.82. The average Bonchev–Trinajstić information content (AvgIpc) is 3.10. The molecule has 2 aromatic carbocycles. The predicted molar refractivity (Wildman–Crippen MR) is 125 cm³/mol. The van der Waals surface area contributed by atoms with Crippen molar-refractivity contribution in [2.45, 2.75) is 13.3 Å². The first kappa shape index (κ1) is 21.0. The number of halogens is 1. The molecule has 0 bridgehead atoms. The number of rotatable bonds is 8. The summed E-state index contributed by atoms with van der Waals surface area (Å²) < 4.78 is 7.69. The lowest BCUT2D eigenvalue weighted by molar-refractivity contribution is 0.0985. The molecule has 3 aromatic rings. The zero-order valence-electron chi connectivity index (χ0n) is 16.3. The molecule has 7 heteroatoms. The van der Waals surface area contributed by atoms with E-state index in [4.69, 9.17) is 9.72 Å². The maximum Gasteiger partial charge on any atom is 0.261 e. The Hall–Kier alpha value is -1.71. The Kier molecular flexibility index (Phi) is 7.25. The summed E-state index contributed by atoms with van der Waals surface area (Å²) in [5, 5.41) is 0.713. The number of ether oxygens (including phenoxy) is 1. The standard InChI is InChI=1S/C21H24IN3O2S/c1-4-27-17-11-7-12-18-19(17)23-21(28-18)25(14-8-13-24(2)3)20(26)15-9-5-6-10-16(15)22/h5-7,9-12H,4,8,13-14H2,1-3H3. The molecular formula is C21H24IN3O2S. The van der Waals surface area contributed by atoms with Crippen LogP contribution in [0.25, 0.3) is 10.2 Å². The number of carbonyl (C=O) groups is 1. The molecule has 1 heterocycles. The van der Waals surface area contributed by atoms with E-state index in [0.717, 1.165) is 32.5 Å². The highest BCUT2D eigenvalue weighted by Crippen LogP contribution is 2.35. The average molecular weight is 509 g/mol. The third-order valence-corrected chi connectivity index (χ3v) is 6.22. The van der Waals surface area contributed by atoms with Gasteiger partial charge in [0, 0.05) is 10.1 Å². The molecule has 0 aliphatic carbocycles. The lowest BCUT2D eigenvalue weighted by Crippen LogP contribution is -2.33. The molecule has 0 radical (unpaired) electrons. The van der Waals surface area contributed by atoms with Gasteiger partial charge < -0.3 is 9.64 Å². The minimum atomic E-state index is -0.0132. The minimum Gasteiger partial charge on any atom is -0.492 e. The quantitative estimate of drug-likeness (QED) is 0.406. The number of hydrogen-bond donors (Lipinski definition) is 0. The second-order valence-electron chi connectivity index (χ2n) is 6.63. The van der Waals surface area contributed by atoms with Crippen molar-refractivity contribution in [1.29, 1.82) is 0 Å². The monoisotopic (exact) mass is 509 g/mol. The zero-order valence-corrected chi connectivity index (χ0v) is 19.3. The number of para-hydroxylation sites is 1. The lowest BCUT2D eigenvalue weighted by Gasteiger charge is -2.21. The Balaban J connectivity index is 1.98. The molecule has 28 heavy (non-hydrogen) atoms. The Morgan fingerprint density at radius 2 is 1.93 bits per heavy atom. The van der Waals surface area contributed by atoms with E-state index in [1.807, 2.05) is 63.5 Å². The van der Waals surface area contributed by atoms with Crippen LogP contribution in [0, 0.1) is 3.57 Å². The smallest absolute Gasteiger partial charge is 0.261 e. The molecule has 3 rings (SSSR count). The number of nitrogens with zero attached hydrogens (tertiary/aromatic N) is 3. The molecule has 1 amide bonds. The van der Waals surface area contributed by atoms with Crippen LogP contribution in [0.5, 0.6) is 5.75 Å². The van der Waals surface area contributed by atoms with Gasteiger partial charge in [0.15, 0.2) is 5.13 Å². The molecule has 0 spiro atoms. The maximum atomic E-state index is 13.4. The highest BCUT2D eigenvalue weighted by atomic mass is 127. The van der Waals surface area contributed by atoms with Gasteiger partial charge in [-0.05, 0) is 80.8 Å². The topological polar surface area (TPSA) is 45.7 Å². The molecular weight excluding hydrogens is 485 g/mol. The summed E-state index contributed by atoms with van der Waals surface area (Å²) in [4.78, 5) is 22.1. The van der Waals surface area contributed by atoms with Crippen LogP contribution in [0.4, 0.5) is 5.13 Å². The van der Waals surface area contributed by atoms with E-state index in [1.165, 1.54) is 11.3 Å². The van der Waals surface area contributed by atoms with Crippen LogP contribution in [0.15, 0.2) is 42.5 Å². The van der Waals surface area contributed by atoms with Gasteiger partial charge in [0.2, 0.25) is 0 Å². The minimum absolute atomic E-state index is 0.0132. The highest BCUT2D eigenvalue weighted by Gasteiger charge is 2.23. The molecule has 0 atom stereocenters. The normalized spacial score (nSPS) is 11.2. The Morgan fingerprint density at radius 3 is 2.64 bits per heavy atom. The number of benzene rings is 2. The summed E-state index contributed by atoms with van der Waals surface area (Å²) in [6.45, 7) is 4.07. The molecule has 0 aliphatic rings. The van der Waals surface area contributed by atoms with Crippen molar-refractivity contribution < 1.29 is 9.53 Å². The third-order valence-electron chi connectivity index (χ3n) is 4.24. The molecule has 0 saturated carbocycles. The second-order valence-corrected chi connectivity index (χ2v) is 8.80. The van der Waals surface area contributed by atoms with Gasteiger partial charge in [-0.25, -0.2) is 4.98 Å². The van der Waals surface area contributed by atoms with E-state index < -0.39 is 0 Å². The number of fused-ring (bicyclic) bond motifs is 1. The second kappa shape index (κ2) is 9.67. The number of hydrogen-bond acceptors (Lipinski definition) is 5. The van der Waals surface area contributed by atoms with Crippen molar-refractivity contribution in [2.75, 3.05) is 38.7 Å². The molecule has 1 aromatic heterocycles. The molecule has 5 nitrogen and oxygen atoms in total. The number of amides is 1. The van der Waals surface area contributed by atoms with E-state index in [1.54, 1.807) is 4.90 Å². The van der Waals surface area contributed by atoms with E-state index >= 15 is 0 Å². The first-order chi connectivity index (χ1) is 13.5.